The average molecular weight is 411 g/mol. The average Bonchev–Trinajstić information content (AvgIpc) is 3.07. The van der Waals surface area contributed by atoms with Crippen LogP contribution >= 0.6 is 35.0 Å². The Morgan fingerprint density at radius 3 is 2.50 bits per heavy atom. The third kappa shape index (κ3) is 4.38. The molecule has 2 aromatic carbocycles. The lowest BCUT2D eigenvalue weighted by atomic mass is 10.2. The van der Waals surface area contributed by atoms with Crippen molar-refractivity contribution in [2.45, 2.75) is 17.4 Å². The quantitative estimate of drug-likeness (QED) is 0.531. The van der Waals surface area contributed by atoms with Gasteiger partial charge in [0.2, 0.25) is 5.91 Å². The van der Waals surface area contributed by atoms with Crippen molar-refractivity contribution in [3.8, 4) is 11.3 Å². The van der Waals surface area contributed by atoms with Gasteiger partial charge in [-0.15, -0.1) is 0 Å². The molecule has 134 valence electrons. The number of aromatic nitrogens is 1. The molecule has 8 heteroatoms. The van der Waals surface area contributed by atoms with Crippen molar-refractivity contribution in [1.82, 2.24) is 4.98 Å². The summed E-state index contributed by atoms with van der Waals surface area (Å²) in [4.78, 5) is 16.5. The standard InChI is InChI=1S/C18H13Cl2FN2O2S/c1-10(17(24)23-16-13(19)3-2-4-14(16)20)26-18-22-9-15(25-18)11-5-7-12(21)8-6-11/h2-10H,1H3,(H,23,24). The number of hydrogen-bond donors (Lipinski definition) is 1. The van der Waals surface area contributed by atoms with Crippen LogP contribution in [-0.2, 0) is 4.79 Å². The molecule has 0 saturated heterocycles. The SMILES string of the molecule is CC(Sc1ncc(-c2ccc(F)cc2)o1)C(=O)Nc1c(Cl)cccc1Cl. The minimum Gasteiger partial charge on any atom is -0.431 e. The molecular weight excluding hydrogens is 398 g/mol. The second-order valence-electron chi connectivity index (χ2n) is 5.34. The van der Waals surface area contributed by atoms with Crippen LogP contribution in [0, 0.1) is 5.82 Å². The molecule has 0 radical (unpaired) electrons. The smallest absolute Gasteiger partial charge is 0.256 e. The molecule has 1 N–H and O–H groups in total. The predicted molar refractivity (Wildman–Crippen MR) is 102 cm³/mol. The summed E-state index contributed by atoms with van der Waals surface area (Å²) >= 11 is 13.3. The second-order valence-corrected chi connectivity index (χ2v) is 7.45. The number of benzene rings is 2. The normalized spacial score (nSPS) is 12.0. The summed E-state index contributed by atoms with van der Waals surface area (Å²) in [6.45, 7) is 1.71. The van der Waals surface area contributed by atoms with Gasteiger partial charge in [-0.1, -0.05) is 41.0 Å². The number of carbonyl (C=O) groups is 1. The zero-order valence-electron chi connectivity index (χ0n) is 13.5. The lowest BCUT2D eigenvalue weighted by Gasteiger charge is -2.12. The minimum absolute atomic E-state index is 0.286. The first kappa shape index (κ1) is 18.8. The molecule has 1 unspecified atom stereocenters. The van der Waals surface area contributed by atoms with Crippen LogP contribution in [0.4, 0.5) is 10.1 Å². The number of hydrogen-bond acceptors (Lipinski definition) is 4. The molecule has 1 aromatic heterocycles. The molecule has 0 bridgehead atoms. The highest BCUT2D eigenvalue weighted by Gasteiger charge is 2.20. The van der Waals surface area contributed by atoms with Crippen LogP contribution in [0.3, 0.4) is 0 Å². The summed E-state index contributed by atoms with van der Waals surface area (Å²) in [6.07, 6.45) is 1.53. The number of carbonyl (C=O) groups excluding carboxylic acids is 1. The van der Waals surface area contributed by atoms with Crippen LogP contribution in [0.5, 0.6) is 0 Å². The Morgan fingerprint density at radius 1 is 1.19 bits per heavy atom. The number of para-hydroxylation sites is 1. The van der Waals surface area contributed by atoms with E-state index in [2.05, 4.69) is 10.3 Å². The molecule has 0 aliphatic heterocycles. The molecule has 3 rings (SSSR count). The van der Waals surface area contributed by atoms with Crippen LogP contribution in [0.25, 0.3) is 11.3 Å². The van der Waals surface area contributed by atoms with Crippen LogP contribution in [0.2, 0.25) is 10.0 Å². The lowest BCUT2D eigenvalue weighted by Crippen LogP contribution is -2.22. The van der Waals surface area contributed by atoms with Crippen molar-refractivity contribution in [3.63, 3.8) is 0 Å². The Kier molecular flexibility index (Phi) is 5.86. The van der Waals surface area contributed by atoms with E-state index in [-0.39, 0.29) is 11.7 Å². The van der Waals surface area contributed by atoms with Gasteiger partial charge >= 0.3 is 0 Å². The molecule has 0 fully saturated rings. The number of oxazole rings is 1. The second kappa shape index (κ2) is 8.12. The largest absolute Gasteiger partial charge is 0.431 e. The Bertz CT molecular complexity index is 911. The van der Waals surface area contributed by atoms with E-state index in [9.17, 15) is 9.18 Å². The van der Waals surface area contributed by atoms with E-state index >= 15 is 0 Å². The van der Waals surface area contributed by atoms with Crippen molar-refractivity contribution in [2.24, 2.45) is 0 Å². The summed E-state index contributed by atoms with van der Waals surface area (Å²) in [5, 5.41) is 3.26. The molecule has 0 saturated carbocycles. The maximum absolute atomic E-state index is 13.0. The summed E-state index contributed by atoms with van der Waals surface area (Å²) < 4.78 is 18.6. The van der Waals surface area contributed by atoms with E-state index in [0.717, 1.165) is 11.8 Å². The number of halogens is 3. The zero-order valence-corrected chi connectivity index (χ0v) is 15.8. The topological polar surface area (TPSA) is 55.1 Å². The highest BCUT2D eigenvalue weighted by atomic mass is 35.5. The highest BCUT2D eigenvalue weighted by molar-refractivity contribution is 8.00. The van der Waals surface area contributed by atoms with Gasteiger partial charge in [-0.05, 0) is 43.3 Å². The van der Waals surface area contributed by atoms with E-state index in [1.54, 1.807) is 37.3 Å². The third-order valence-electron chi connectivity index (χ3n) is 3.47. The number of thioether (sulfide) groups is 1. The van der Waals surface area contributed by atoms with Crippen LogP contribution < -0.4 is 5.32 Å². The van der Waals surface area contributed by atoms with E-state index in [1.807, 2.05) is 0 Å². The van der Waals surface area contributed by atoms with Crippen molar-refractivity contribution in [1.29, 1.82) is 0 Å². The minimum atomic E-state index is -0.498. The molecule has 1 amide bonds. The third-order valence-corrected chi connectivity index (χ3v) is 5.06. The lowest BCUT2D eigenvalue weighted by molar-refractivity contribution is -0.115. The molecule has 0 aliphatic carbocycles. The van der Waals surface area contributed by atoms with Crippen LogP contribution in [0.1, 0.15) is 6.92 Å². The molecule has 4 nitrogen and oxygen atoms in total. The number of rotatable bonds is 5. The number of nitrogens with zero attached hydrogens (tertiary/aromatic N) is 1. The molecule has 26 heavy (non-hydrogen) atoms. The number of nitrogens with one attached hydrogen (secondary N) is 1. The zero-order chi connectivity index (χ0) is 18.7. The number of anilines is 1. The first-order valence-electron chi connectivity index (χ1n) is 7.57. The molecule has 1 heterocycles. The van der Waals surface area contributed by atoms with Crippen LogP contribution in [0.15, 0.2) is 58.3 Å². The van der Waals surface area contributed by atoms with Gasteiger partial charge in [-0.25, -0.2) is 9.37 Å². The Labute approximate surface area is 163 Å². The molecular formula is C18H13Cl2FN2O2S. The molecule has 1 atom stereocenters. The first-order chi connectivity index (χ1) is 12.4. The van der Waals surface area contributed by atoms with Gasteiger partial charge in [0.1, 0.15) is 5.82 Å². The predicted octanol–water partition coefficient (Wildman–Crippen LogP) is 5.91. The molecule has 0 spiro atoms. The fourth-order valence-corrected chi connectivity index (χ4v) is 3.32. The van der Waals surface area contributed by atoms with Gasteiger partial charge < -0.3 is 9.73 Å². The van der Waals surface area contributed by atoms with Gasteiger partial charge in [0.15, 0.2) is 5.76 Å². The Morgan fingerprint density at radius 2 is 1.85 bits per heavy atom. The monoisotopic (exact) mass is 410 g/mol. The van der Waals surface area contributed by atoms with E-state index in [0.29, 0.717) is 32.3 Å². The van der Waals surface area contributed by atoms with Gasteiger partial charge in [-0.3, -0.25) is 4.79 Å². The maximum Gasteiger partial charge on any atom is 0.256 e. The van der Waals surface area contributed by atoms with Gasteiger partial charge in [0.05, 0.1) is 27.2 Å². The Balaban J connectivity index is 1.67. The van der Waals surface area contributed by atoms with Crippen molar-refractivity contribution in [2.75, 3.05) is 5.32 Å². The first-order valence-corrected chi connectivity index (χ1v) is 9.21. The fourth-order valence-electron chi connectivity index (χ4n) is 2.11. The van der Waals surface area contributed by atoms with E-state index in [4.69, 9.17) is 27.6 Å². The summed E-state index contributed by atoms with van der Waals surface area (Å²) in [6, 6.07) is 10.9. The van der Waals surface area contributed by atoms with Crippen LogP contribution in [-0.4, -0.2) is 16.1 Å². The molecule has 0 aliphatic rings. The van der Waals surface area contributed by atoms with Gasteiger partial charge in [-0.2, -0.15) is 0 Å². The van der Waals surface area contributed by atoms with Crippen molar-refractivity contribution < 1.29 is 13.6 Å². The van der Waals surface area contributed by atoms with E-state index < -0.39 is 5.25 Å². The maximum atomic E-state index is 13.0. The Hall–Kier alpha value is -2.02. The van der Waals surface area contributed by atoms with Gasteiger partial charge in [0, 0.05) is 5.56 Å². The van der Waals surface area contributed by atoms with Gasteiger partial charge in [0.25, 0.3) is 5.22 Å². The fraction of sp³-hybridized carbons (Fsp3) is 0.111. The van der Waals surface area contributed by atoms with E-state index in [1.165, 1.54) is 18.3 Å². The van der Waals surface area contributed by atoms with Crippen molar-refractivity contribution >= 4 is 46.6 Å². The molecule has 3 aromatic rings. The van der Waals surface area contributed by atoms with Crippen molar-refractivity contribution in [3.05, 3.63) is 64.5 Å². The highest BCUT2D eigenvalue weighted by Crippen LogP contribution is 2.32. The summed E-state index contributed by atoms with van der Waals surface area (Å²) in [5.41, 5.74) is 1.07. The summed E-state index contributed by atoms with van der Waals surface area (Å²) in [5.74, 6) is -0.118. The summed E-state index contributed by atoms with van der Waals surface area (Å²) in [7, 11) is 0. The number of amides is 1.